The van der Waals surface area contributed by atoms with Crippen molar-refractivity contribution in [2.45, 2.75) is 19.0 Å². The summed E-state index contributed by atoms with van der Waals surface area (Å²) in [6, 6.07) is 25.1. The Hall–Kier alpha value is -3.48. The molecule has 0 saturated heterocycles. The quantitative estimate of drug-likeness (QED) is 0.354. The van der Waals surface area contributed by atoms with Crippen LogP contribution in [0.15, 0.2) is 89.8 Å². The Balaban J connectivity index is 1.50. The van der Waals surface area contributed by atoms with E-state index in [1.165, 1.54) is 0 Å². The third kappa shape index (κ3) is 5.78. The van der Waals surface area contributed by atoms with Crippen LogP contribution in [-0.4, -0.2) is 16.9 Å². The Morgan fingerprint density at radius 2 is 1.74 bits per heavy atom. The monoisotopic (exact) mass is 428 g/mol. The van der Waals surface area contributed by atoms with Gasteiger partial charge in [0.1, 0.15) is 0 Å². The molecule has 3 aromatic carbocycles. The number of amides is 1. The van der Waals surface area contributed by atoms with E-state index in [4.69, 9.17) is 5.73 Å². The summed E-state index contributed by atoms with van der Waals surface area (Å²) in [5, 5.41) is 8.41. The molecule has 1 heterocycles. The first-order valence-electron chi connectivity index (χ1n) is 10.1. The summed E-state index contributed by atoms with van der Waals surface area (Å²) >= 11 is 1.55. The van der Waals surface area contributed by atoms with Crippen LogP contribution >= 0.6 is 11.3 Å². The molecule has 0 aliphatic rings. The molecule has 4 N–H and O–H groups in total. The predicted molar refractivity (Wildman–Crippen MR) is 128 cm³/mol. The highest BCUT2D eigenvalue weighted by Gasteiger charge is 2.19. The minimum atomic E-state index is -0.389. The van der Waals surface area contributed by atoms with E-state index in [9.17, 15) is 4.79 Å². The summed E-state index contributed by atoms with van der Waals surface area (Å²) in [4.78, 5) is 17.5. The summed E-state index contributed by atoms with van der Waals surface area (Å²) in [7, 11) is 0. The Labute approximate surface area is 186 Å². The first-order valence-corrected chi connectivity index (χ1v) is 11.0. The zero-order chi connectivity index (χ0) is 21.5. The van der Waals surface area contributed by atoms with Crippen LogP contribution in [-0.2, 0) is 17.8 Å². The van der Waals surface area contributed by atoms with Crippen LogP contribution < -0.4 is 16.4 Å². The fourth-order valence-electron chi connectivity index (χ4n) is 3.38. The third-order valence-electron chi connectivity index (χ3n) is 4.96. The number of rotatable bonds is 8. The number of nitrogens with two attached hydrogens (primary N) is 1. The van der Waals surface area contributed by atoms with Crippen LogP contribution in [0, 0.1) is 0 Å². The molecule has 5 nitrogen and oxygen atoms in total. The van der Waals surface area contributed by atoms with Crippen LogP contribution in [0.5, 0.6) is 0 Å². The molecule has 6 heteroatoms. The van der Waals surface area contributed by atoms with Crippen molar-refractivity contribution >= 4 is 28.6 Å². The topological polar surface area (TPSA) is 80.0 Å². The van der Waals surface area contributed by atoms with Crippen LogP contribution in [0.3, 0.4) is 0 Å². The maximum Gasteiger partial charge on any atom is 0.241 e. The van der Waals surface area contributed by atoms with Crippen LogP contribution in [0.4, 0.5) is 11.4 Å². The Morgan fingerprint density at radius 3 is 2.48 bits per heavy atom. The van der Waals surface area contributed by atoms with E-state index in [1.807, 2.05) is 84.2 Å². The highest BCUT2D eigenvalue weighted by atomic mass is 32.1. The lowest BCUT2D eigenvalue weighted by molar-refractivity contribution is -0.118. The molecule has 1 amide bonds. The van der Waals surface area contributed by atoms with E-state index in [-0.39, 0.29) is 11.9 Å². The lowest BCUT2D eigenvalue weighted by atomic mass is 10.0. The summed E-state index contributed by atoms with van der Waals surface area (Å²) < 4.78 is 0. The number of nitrogens with one attached hydrogen (secondary N) is 2. The molecule has 156 valence electrons. The Morgan fingerprint density at radius 1 is 0.968 bits per heavy atom. The van der Waals surface area contributed by atoms with Gasteiger partial charge in [-0.1, -0.05) is 54.6 Å². The van der Waals surface area contributed by atoms with Crippen molar-refractivity contribution < 1.29 is 4.79 Å². The smallest absolute Gasteiger partial charge is 0.241 e. The van der Waals surface area contributed by atoms with Gasteiger partial charge in [0.15, 0.2) is 0 Å². The number of carbonyl (C=O) groups is 1. The molecule has 0 radical (unpaired) electrons. The number of aromatic nitrogens is 1. The van der Waals surface area contributed by atoms with Crippen molar-refractivity contribution in [1.82, 2.24) is 10.3 Å². The SMILES string of the molecule is Nc1cccc(-c2cccc(NC(=O)[C@H](Cc3ccccc3)NCc3cscn3)c2)c1. The fraction of sp³-hybridized carbons (Fsp3) is 0.120. The molecule has 0 unspecified atom stereocenters. The summed E-state index contributed by atoms with van der Waals surface area (Å²) in [5.41, 5.74) is 13.2. The average molecular weight is 429 g/mol. The largest absolute Gasteiger partial charge is 0.399 e. The van der Waals surface area contributed by atoms with E-state index in [0.29, 0.717) is 18.7 Å². The number of nitrogens with zero attached hydrogens (tertiary/aromatic N) is 1. The molecule has 0 spiro atoms. The molecular formula is C25H24N4OS. The van der Waals surface area contributed by atoms with Crippen molar-refractivity contribution in [3.8, 4) is 11.1 Å². The van der Waals surface area contributed by atoms with Crippen LogP contribution in [0.2, 0.25) is 0 Å². The summed E-state index contributed by atoms with van der Waals surface area (Å²) in [5.74, 6) is -0.0798. The average Bonchev–Trinajstić information content (AvgIpc) is 3.31. The van der Waals surface area contributed by atoms with Crippen molar-refractivity contribution in [3.05, 3.63) is 101 Å². The number of hydrogen-bond acceptors (Lipinski definition) is 5. The zero-order valence-electron chi connectivity index (χ0n) is 17.0. The van der Waals surface area contributed by atoms with Gasteiger partial charge in [-0.25, -0.2) is 4.98 Å². The number of thiazole rings is 1. The molecule has 31 heavy (non-hydrogen) atoms. The van der Waals surface area contributed by atoms with Gasteiger partial charge >= 0.3 is 0 Å². The van der Waals surface area contributed by atoms with Gasteiger partial charge in [-0.15, -0.1) is 11.3 Å². The maximum atomic E-state index is 13.2. The van der Waals surface area contributed by atoms with Crippen molar-refractivity contribution in [2.75, 3.05) is 11.1 Å². The van der Waals surface area contributed by atoms with Gasteiger partial charge in [-0.2, -0.15) is 0 Å². The van der Waals surface area contributed by atoms with Gasteiger partial charge in [0.05, 0.1) is 17.2 Å². The fourth-order valence-corrected chi connectivity index (χ4v) is 3.94. The van der Waals surface area contributed by atoms with Gasteiger partial charge in [0.25, 0.3) is 0 Å². The lowest BCUT2D eigenvalue weighted by Crippen LogP contribution is -2.41. The van der Waals surface area contributed by atoms with E-state index in [2.05, 4.69) is 15.6 Å². The molecule has 1 atom stereocenters. The summed E-state index contributed by atoms with van der Waals surface area (Å²) in [6.45, 7) is 0.539. The second kappa shape index (κ2) is 10.0. The first kappa shape index (κ1) is 20.8. The predicted octanol–water partition coefficient (Wildman–Crippen LogP) is 4.73. The second-order valence-electron chi connectivity index (χ2n) is 7.30. The standard InChI is InChI=1S/C25H24N4OS/c26-21-10-4-8-19(13-21)20-9-5-11-22(14-20)29-25(30)24(12-18-6-2-1-3-7-18)27-15-23-16-31-17-28-23/h1-11,13-14,16-17,24,27H,12,15,26H2,(H,29,30)/t24-/m0/s1. The maximum absolute atomic E-state index is 13.2. The number of benzene rings is 3. The first-order chi connectivity index (χ1) is 15.2. The number of anilines is 2. The van der Waals surface area contributed by atoms with Gasteiger partial charge in [-0.3, -0.25) is 10.1 Å². The van der Waals surface area contributed by atoms with E-state index in [1.54, 1.807) is 16.8 Å². The normalized spacial score (nSPS) is 11.7. The molecule has 0 bridgehead atoms. The minimum Gasteiger partial charge on any atom is -0.399 e. The van der Waals surface area contributed by atoms with Gasteiger partial charge < -0.3 is 11.1 Å². The Bertz CT molecular complexity index is 1130. The van der Waals surface area contributed by atoms with Gasteiger partial charge in [0.2, 0.25) is 5.91 Å². The molecule has 0 fully saturated rings. The van der Waals surface area contributed by atoms with Gasteiger partial charge in [-0.05, 0) is 47.4 Å². The highest BCUT2D eigenvalue weighted by molar-refractivity contribution is 7.07. The lowest BCUT2D eigenvalue weighted by Gasteiger charge is -2.19. The molecule has 0 saturated carbocycles. The summed E-state index contributed by atoms with van der Waals surface area (Å²) in [6.07, 6.45) is 0.589. The van der Waals surface area contributed by atoms with Crippen molar-refractivity contribution in [2.24, 2.45) is 0 Å². The number of carbonyl (C=O) groups excluding carboxylic acids is 1. The van der Waals surface area contributed by atoms with Crippen molar-refractivity contribution in [1.29, 1.82) is 0 Å². The number of hydrogen-bond donors (Lipinski definition) is 3. The van der Waals surface area contributed by atoms with Crippen molar-refractivity contribution in [3.63, 3.8) is 0 Å². The molecule has 0 aliphatic carbocycles. The van der Waals surface area contributed by atoms with Crippen LogP contribution in [0.1, 0.15) is 11.3 Å². The van der Waals surface area contributed by atoms with E-state index < -0.39 is 0 Å². The van der Waals surface area contributed by atoms with E-state index >= 15 is 0 Å². The zero-order valence-corrected chi connectivity index (χ0v) is 17.8. The minimum absolute atomic E-state index is 0.0798. The number of nitrogen functional groups attached to an aromatic ring is 1. The second-order valence-corrected chi connectivity index (χ2v) is 8.02. The van der Waals surface area contributed by atoms with Crippen LogP contribution in [0.25, 0.3) is 11.1 Å². The molecule has 1 aromatic heterocycles. The van der Waals surface area contributed by atoms with E-state index in [0.717, 1.165) is 28.1 Å². The molecule has 0 aliphatic heterocycles. The molecule has 4 rings (SSSR count). The third-order valence-corrected chi connectivity index (χ3v) is 5.60. The molecule has 4 aromatic rings. The molecular weight excluding hydrogens is 404 g/mol. The van der Waals surface area contributed by atoms with Gasteiger partial charge in [0, 0.05) is 23.3 Å². The highest BCUT2D eigenvalue weighted by Crippen LogP contribution is 2.24. The Kier molecular flexibility index (Phi) is 6.72.